The standard InChI is InChI=1S/C15H18ClN3/c16-8-11-4-3-5-12(11)9-17-15-10-18-19-14-7-2-1-6-13(14)15/h1-2,6-7,10-12H,3-5,8-9H2,(H,17,19). The molecule has 1 aliphatic rings. The van der Waals surface area contributed by atoms with Crippen molar-refractivity contribution in [1.82, 2.24) is 10.2 Å². The van der Waals surface area contributed by atoms with Crippen LogP contribution in [0, 0.1) is 11.8 Å². The van der Waals surface area contributed by atoms with Crippen molar-refractivity contribution >= 4 is 28.2 Å². The minimum Gasteiger partial charge on any atom is -0.383 e. The van der Waals surface area contributed by atoms with Crippen molar-refractivity contribution in [1.29, 1.82) is 0 Å². The van der Waals surface area contributed by atoms with Gasteiger partial charge in [0.15, 0.2) is 0 Å². The SMILES string of the molecule is ClCC1CCCC1CNc1cnnc2ccccc12. The lowest BCUT2D eigenvalue weighted by Crippen LogP contribution is -2.19. The summed E-state index contributed by atoms with van der Waals surface area (Å²) < 4.78 is 0. The predicted molar refractivity (Wildman–Crippen MR) is 79.6 cm³/mol. The summed E-state index contributed by atoms with van der Waals surface area (Å²) in [6, 6.07) is 8.10. The number of nitrogens with one attached hydrogen (secondary N) is 1. The van der Waals surface area contributed by atoms with E-state index in [0.717, 1.165) is 29.0 Å². The molecular weight excluding hydrogens is 258 g/mol. The third-order valence-electron chi connectivity index (χ3n) is 4.12. The van der Waals surface area contributed by atoms with Gasteiger partial charge < -0.3 is 5.32 Å². The van der Waals surface area contributed by atoms with Gasteiger partial charge in [0.25, 0.3) is 0 Å². The number of nitrogens with zero attached hydrogens (tertiary/aromatic N) is 2. The Bertz CT molecular complexity index is 553. The molecule has 1 aromatic heterocycles. The molecule has 3 nitrogen and oxygen atoms in total. The molecule has 4 heteroatoms. The second-order valence-electron chi connectivity index (χ2n) is 5.26. The second kappa shape index (κ2) is 5.74. The van der Waals surface area contributed by atoms with Crippen LogP contribution in [0.25, 0.3) is 10.9 Å². The molecule has 2 unspecified atom stereocenters. The fourth-order valence-corrected chi connectivity index (χ4v) is 3.38. The van der Waals surface area contributed by atoms with E-state index in [1.54, 1.807) is 0 Å². The molecule has 2 aromatic rings. The first kappa shape index (κ1) is 12.7. The molecular formula is C15H18ClN3. The second-order valence-corrected chi connectivity index (χ2v) is 5.57. The molecule has 1 aliphatic carbocycles. The maximum absolute atomic E-state index is 6.03. The number of anilines is 1. The van der Waals surface area contributed by atoms with E-state index in [1.165, 1.54) is 19.3 Å². The smallest absolute Gasteiger partial charge is 0.0950 e. The zero-order valence-electron chi connectivity index (χ0n) is 10.8. The average molecular weight is 276 g/mol. The van der Waals surface area contributed by atoms with E-state index in [0.29, 0.717) is 11.8 Å². The summed E-state index contributed by atoms with van der Waals surface area (Å²) in [7, 11) is 0. The third-order valence-corrected chi connectivity index (χ3v) is 4.51. The Morgan fingerprint density at radius 1 is 1.21 bits per heavy atom. The Labute approximate surface area is 118 Å². The number of hydrogen-bond donors (Lipinski definition) is 1. The van der Waals surface area contributed by atoms with Crippen molar-refractivity contribution in [2.45, 2.75) is 19.3 Å². The van der Waals surface area contributed by atoms with Crippen molar-refractivity contribution < 1.29 is 0 Å². The Hall–Kier alpha value is -1.35. The molecule has 1 heterocycles. The highest BCUT2D eigenvalue weighted by Gasteiger charge is 2.26. The molecule has 0 spiro atoms. The third kappa shape index (κ3) is 2.66. The molecule has 19 heavy (non-hydrogen) atoms. The van der Waals surface area contributed by atoms with Gasteiger partial charge in [0.1, 0.15) is 0 Å². The Balaban J connectivity index is 1.75. The minimum absolute atomic E-state index is 0.662. The maximum Gasteiger partial charge on any atom is 0.0950 e. The molecule has 0 amide bonds. The molecule has 1 fully saturated rings. The van der Waals surface area contributed by atoms with Gasteiger partial charge in [-0.3, -0.25) is 0 Å². The van der Waals surface area contributed by atoms with Crippen molar-refractivity contribution in [2.75, 3.05) is 17.7 Å². The van der Waals surface area contributed by atoms with Crippen LogP contribution in [0.15, 0.2) is 30.5 Å². The van der Waals surface area contributed by atoms with Crippen molar-refractivity contribution in [3.05, 3.63) is 30.5 Å². The first-order valence-corrected chi connectivity index (χ1v) is 7.42. The van der Waals surface area contributed by atoms with E-state index in [1.807, 2.05) is 24.4 Å². The molecule has 100 valence electrons. The van der Waals surface area contributed by atoms with E-state index < -0.39 is 0 Å². The molecule has 0 aliphatic heterocycles. The summed E-state index contributed by atoms with van der Waals surface area (Å²) in [4.78, 5) is 0. The highest BCUT2D eigenvalue weighted by molar-refractivity contribution is 6.18. The largest absolute Gasteiger partial charge is 0.383 e. The van der Waals surface area contributed by atoms with Gasteiger partial charge in [-0.1, -0.05) is 24.6 Å². The lowest BCUT2D eigenvalue weighted by molar-refractivity contribution is 0.444. The summed E-state index contributed by atoms with van der Waals surface area (Å²) in [5, 5.41) is 12.9. The molecule has 0 bridgehead atoms. The van der Waals surface area contributed by atoms with Gasteiger partial charge in [0.2, 0.25) is 0 Å². The minimum atomic E-state index is 0.662. The van der Waals surface area contributed by atoms with Crippen molar-refractivity contribution in [2.24, 2.45) is 11.8 Å². The van der Waals surface area contributed by atoms with Crippen LogP contribution in [-0.4, -0.2) is 22.6 Å². The molecule has 1 saturated carbocycles. The van der Waals surface area contributed by atoms with Gasteiger partial charge >= 0.3 is 0 Å². The van der Waals surface area contributed by atoms with Gasteiger partial charge in [0.05, 0.1) is 17.4 Å². The number of alkyl halides is 1. The van der Waals surface area contributed by atoms with Gasteiger partial charge in [-0.15, -0.1) is 11.6 Å². The molecule has 2 atom stereocenters. The summed E-state index contributed by atoms with van der Waals surface area (Å²) in [5.41, 5.74) is 2.01. The van der Waals surface area contributed by atoms with E-state index >= 15 is 0 Å². The van der Waals surface area contributed by atoms with Crippen LogP contribution in [0.5, 0.6) is 0 Å². The Morgan fingerprint density at radius 2 is 2.05 bits per heavy atom. The first-order valence-electron chi connectivity index (χ1n) is 6.88. The summed E-state index contributed by atoms with van der Waals surface area (Å²) >= 11 is 6.03. The Kier molecular flexibility index (Phi) is 3.83. The molecule has 3 rings (SSSR count). The quantitative estimate of drug-likeness (QED) is 0.865. The number of rotatable bonds is 4. The topological polar surface area (TPSA) is 37.8 Å². The number of hydrogen-bond acceptors (Lipinski definition) is 3. The van der Waals surface area contributed by atoms with Crippen molar-refractivity contribution in [3.63, 3.8) is 0 Å². The number of fused-ring (bicyclic) bond motifs is 1. The number of aromatic nitrogens is 2. The van der Waals surface area contributed by atoms with Crippen LogP contribution in [0.3, 0.4) is 0 Å². The van der Waals surface area contributed by atoms with Crippen LogP contribution in [-0.2, 0) is 0 Å². The number of halogens is 1. The highest BCUT2D eigenvalue weighted by Crippen LogP contribution is 2.33. The lowest BCUT2D eigenvalue weighted by Gasteiger charge is -2.18. The molecule has 0 saturated heterocycles. The van der Waals surface area contributed by atoms with Crippen LogP contribution >= 0.6 is 11.6 Å². The zero-order valence-corrected chi connectivity index (χ0v) is 11.6. The van der Waals surface area contributed by atoms with E-state index in [9.17, 15) is 0 Å². The highest BCUT2D eigenvalue weighted by atomic mass is 35.5. The predicted octanol–water partition coefficient (Wildman–Crippen LogP) is 3.70. The van der Waals surface area contributed by atoms with Gasteiger partial charge in [-0.2, -0.15) is 10.2 Å². The monoisotopic (exact) mass is 275 g/mol. The van der Waals surface area contributed by atoms with E-state index in [4.69, 9.17) is 11.6 Å². The molecule has 1 aromatic carbocycles. The van der Waals surface area contributed by atoms with Crippen molar-refractivity contribution in [3.8, 4) is 0 Å². The normalized spacial score (nSPS) is 22.8. The fraction of sp³-hybridized carbons (Fsp3) is 0.467. The van der Waals surface area contributed by atoms with Gasteiger partial charge in [-0.05, 0) is 30.7 Å². The summed E-state index contributed by atoms with van der Waals surface area (Å²) in [6.07, 6.45) is 5.66. The molecule has 0 radical (unpaired) electrons. The fourth-order valence-electron chi connectivity index (χ4n) is 2.97. The lowest BCUT2D eigenvalue weighted by atomic mass is 9.98. The summed E-state index contributed by atoms with van der Waals surface area (Å²) in [6.45, 7) is 0.979. The Morgan fingerprint density at radius 3 is 2.95 bits per heavy atom. The van der Waals surface area contributed by atoms with Crippen LogP contribution < -0.4 is 5.32 Å². The van der Waals surface area contributed by atoms with Gasteiger partial charge in [0, 0.05) is 17.8 Å². The van der Waals surface area contributed by atoms with E-state index in [-0.39, 0.29) is 0 Å². The summed E-state index contributed by atoms with van der Waals surface area (Å²) in [5.74, 6) is 2.13. The maximum atomic E-state index is 6.03. The molecule has 1 N–H and O–H groups in total. The first-order chi connectivity index (χ1) is 9.38. The number of benzene rings is 1. The van der Waals surface area contributed by atoms with E-state index in [2.05, 4.69) is 21.6 Å². The van der Waals surface area contributed by atoms with Crippen LogP contribution in [0.2, 0.25) is 0 Å². The van der Waals surface area contributed by atoms with Crippen LogP contribution in [0.4, 0.5) is 5.69 Å². The average Bonchev–Trinajstić information content (AvgIpc) is 2.92. The zero-order chi connectivity index (χ0) is 13.1. The van der Waals surface area contributed by atoms with Gasteiger partial charge in [-0.25, -0.2) is 0 Å². The van der Waals surface area contributed by atoms with Crippen LogP contribution in [0.1, 0.15) is 19.3 Å².